The Hall–Kier alpha value is -0.970. The van der Waals surface area contributed by atoms with Crippen LogP contribution in [0.4, 0.5) is 5.69 Å². The van der Waals surface area contributed by atoms with Gasteiger partial charge in [0.25, 0.3) is 0 Å². The van der Waals surface area contributed by atoms with Crippen molar-refractivity contribution in [3.63, 3.8) is 0 Å². The lowest BCUT2D eigenvalue weighted by Gasteiger charge is -2.09. The summed E-state index contributed by atoms with van der Waals surface area (Å²) < 4.78 is 0. The fraction of sp³-hybridized carbons (Fsp3) is 0.167. The van der Waals surface area contributed by atoms with E-state index in [4.69, 9.17) is 23.2 Å². The van der Waals surface area contributed by atoms with Gasteiger partial charge in [0.2, 0.25) is 0 Å². The van der Waals surface area contributed by atoms with Crippen LogP contribution in [0.1, 0.15) is 5.56 Å². The molecule has 0 amide bonds. The molecule has 1 aromatic carbocycles. The molecule has 3 nitrogen and oxygen atoms in total. The Morgan fingerprint density at radius 2 is 1.78 bits per heavy atom. The average molecular weight is 300 g/mol. The van der Waals surface area contributed by atoms with E-state index in [9.17, 15) is 0 Å². The number of halogens is 2. The zero-order valence-corrected chi connectivity index (χ0v) is 12.0. The molecule has 0 bridgehead atoms. The quantitative estimate of drug-likeness (QED) is 0.681. The molecule has 0 radical (unpaired) electrons. The highest BCUT2D eigenvalue weighted by Crippen LogP contribution is 2.30. The predicted octanol–water partition coefficient (Wildman–Crippen LogP) is 4.12. The smallest absolute Gasteiger partial charge is 0.187 e. The van der Waals surface area contributed by atoms with Crippen LogP contribution < -0.4 is 5.32 Å². The molecule has 0 fully saturated rings. The number of nitrogens with one attached hydrogen (secondary N) is 1. The van der Waals surface area contributed by atoms with Crippen molar-refractivity contribution >= 4 is 40.7 Å². The van der Waals surface area contributed by atoms with E-state index in [0.717, 1.165) is 16.4 Å². The molecule has 0 saturated carbocycles. The van der Waals surface area contributed by atoms with Gasteiger partial charge in [0.15, 0.2) is 5.16 Å². The molecular weight excluding hydrogens is 289 g/mol. The number of hydrogen-bond acceptors (Lipinski definition) is 4. The van der Waals surface area contributed by atoms with E-state index in [1.165, 1.54) is 11.8 Å². The Morgan fingerprint density at radius 3 is 2.33 bits per heavy atom. The van der Waals surface area contributed by atoms with Crippen LogP contribution in [0.2, 0.25) is 10.0 Å². The van der Waals surface area contributed by atoms with Crippen molar-refractivity contribution < 1.29 is 0 Å². The van der Waals surface area contributed by atoms with Gasteiger partial charge in [0.05, 0.1) is 15.7 Å². The molecule has 94 valence electrons. The fourth-order valence-electron chi connectivity index (χ4n) is 1.40. The standard InChI is InChI=1S/C12H11Cl2N3S/c1-18-12-16-6-8(7-17-12)5-15-11-9(13)3-2-4-10(11)14/h2-4,6-7,15H,5H2,1H3. The van der Waals surface area contributed by atoms with Crippen molar-refractivity contribution in [3.8, 4) is 0 Å². The third-order valence-electron chi connectivity index (χ3n) is 2.30. The number of para-hydroxylation sites is 1. The third kappa shape index (κ3) is 3.28. The monoisotopic (exact) mass is 299 g/mol. The molecule has 2 rings (SSSR count). The zero-order chi connectivity index (χ0) is 13.0. The maximum Gasteiger partial charge on any atom is 0.187 e. The number of aromatic nitrogens is 2. The van der Waals surface area contributed by atoms with Crippen LogP contribution >= 0.6 is 35.0 Å². The van der Waals surface area contributed by atoms with Crippen LogP contribution in [0.3, 0.4) is 0 Å². The minimum absolute atomic E-state index is 0.581. The molecule has 0 spiro atoms. The van der Waals surface area contributed by atoms with Gasteiger partial charge in [0, 0.05) is 24.5 Å². The van der Waals surface area contributed by atoms with Gasteiger partial charge in [0.1, 0.15) is 0 Å². The van der Waals surface area contributed by atoms with Crippen molar-refractivity contribution in [2.75, 3.05) is 11.6 Å². The third-order valence-corrected chi connectivity index (χ3v) is 3.50. The van der Waals surface area contributed by atoms with Gasteiger partial charge in [-0.15, -0.1) is 0 Å². The van der Waals surface area contributed by atoms with Crippen LogP contribution in [-0.2, 0) is 6.54 Å². The summed E-state index contributed by atoms with van der Waals surface area (Å²) in [5.74, 6) is 0. The number of rotatable bonds is 4. The summed E-state index contributed by atoms with van der Waals surface area (Å²) in [4.78, 5) is 8.40. The summed E-state index contributed by atoms with van der Waals surface area (Å²) in [6.45, 7) is 0.581. The second-order valence-electron chi connectivity index (χ2n) is 3.53. The van der Waals surface area contributed by atoms with E-state index in [0.29, 0.717) is 16.6 Å². The second-order valence-corrected chi connectivity index (χ2v) is 5.12. The van der Waals surface area contributed by atoms with Gasteiger partial charge in [-0.1, -0.05) is 41.0 Å². The first-order chi connectivity index (χ1) is 8.70. The van der Waals surface area contributed by atoms with Crippen molar-refractivity contribution in [2.24, 2.45) is 0 Å². The van der Waals surface area contributed by atoms with Crippen LogP contribution in [0.25, 0.3) is 0 Å². The number of nitrogens with zero attached hydrogens (tertiary/aromatic N) is 2. The molecule has 6 heteroatoms. The maximum atomic E-state index is 6.06. The van der Waals surface area contributed by atoms with E-state index in [-0.39, 0.29) is 0 Å². The number of anilines is 1. The highest BCUT2D eigenvalue weighted by Gasteiger charge is 2.05. The van der Waals surface area contributed by atoms with E-state index in [1.807, 2.05) is 12.3 Å². The lowest BCUT2D eigenvalue weighted by molar-refractivity contribution is 0.930. The summed E-state index contributed by atoms with van der Waals surface area (Å²) in [6, 6.07) is 5.40. The molecule has 0 aliphatic carbocycles. The van der Waals surface area contributed by atoms with Crippen molar-refractivity contribution in [1.29, 1.82) is 0 Å². The topological polar surface area (TPSA) is 37.8 Å². The SMILES string of the molecule is CSc1ncc(CNc2c(Cl)cccc2Cl)cn1. The second kappa shape index (κ2) is 6.27. The fourth-order valence-corrected chi connectivity index (χ4v) is 2.24. The first-order valence-corrected chi connectivity index (χ1v) is 7.21. The Kier molecular flexibility index (Phi) is 4.69. The number of benzene rings is 1. The van der Waals surface area contributed by atoms with Crippen LogP contribution in [0, 0.1) is 0 Å². The van der Waals surface area contributed by atoms with Crippen LogP contribution in [0.15, 0.2) is 35.7 Å². The molecule has 0 saturated heterocycles. The molecule has 0 aliphatic heterocycles. The van der Waals surface area contributed by atoms with Crippen LogP contribution in [-0.4, -0.2) is 16.2 Å². The number of thioether (sulfide) groups is 1. The Morgan fingerprint density at radius 1 is 1.17 bits per heavy atom. The minimum atomic E-state index is 0.581. The maximum absolute atomic E-state index is 6.06. The summed E-state index contributed by atoms with van der Waals surface area (Å²) in [6.07, 6.45) is 5.52. The molecule has 0 unspecified atom stereocenters. The summed E-state index contributed by atoms with van der Waals surface area (Å²) >= 11 is 13.6. The van der Waals surface area contributed by atoms with E-state index < -0.39 is 0 Å². The molecule has 0 aliphatic rings. The normalized spacial score (nSPS) is 10.4. The van der Waals surface area contributed by atoms with Gasteiger partial charge < -0.3 is 5.32 Å². The number of hydrogen-bond donors (Lipinski definition) is 1. The first kappa shape index (κ1) is 13.5. The lowest BCUT2D eigenvalue weighted by atomic mass is 10.3. The lowest BCUT2D eigenvalue weighted by Crippen LogP contribution is -2.02. The predicted molar refractivity (Wildman–Crippen MR) is 77.6 cm³/mol. The summed E-state index contributed by atoms with van der Waals surface area (Å²) in [7, 11) is 0. The van der Waals surface area contributed by atoms with Gasteiger partial charge in [-0.2, -0.15) is 0 Å². The Labute approximate surface area is 120 Å². The van der Waals surface area contributed by atoms with Crippen molar-refractivity contribution in [2.45, 2.75) is 11.7 Å². The Bertz CT molecular complexity index is 511. The molecule has 0 atom stereocenters. The average Bonchev–Trinajstić information content (AvgIpc) is 2.39. The van der Waals surface area contributed by atoms with Crippen molar-refractivity contribution in [1.82, 2.24) is 9.97 Å². The van der Waals surface area contributed by atoms with E-state index in [1.54, 1.807) is 24.5 Å². The molecular formula is C12H11Cl2N3S. The molecule has 1 N–H and O–H groups in total. The van der Waals surface area contributed by atoms with E-state index in [2.05, 4.69) is 15.3 Å². The van der Waals surface area contributed by atoms with Gasteiger partial charge >= 0.3 is 0 Å². The Balaban J connectivity index is 2.06. The largest absolute Gasteiger partial charge is 0.378 e. The molecule has 1 heterocycles. The summed E-state index contributed by atoms with van der Waals surface area (Å²) in [5.41, 5.74) is 1.71. The molecule has 2 aromatic rings. The summed E-state index contributed by atoms with van der Waals surface area (Å²) in [5, 5.41) is 5.15. The van der Waals surface area contributed by atoms with Crippen molar-refractivity contribution in [3.05, 3.63) is 46.2 Å². The zero-order valence-electron chi connectivity index (χ0n) is 9.65. The van der Waals surface area contributed by atoms with Crippen LogP contribution in [0.5, 0.6) is 0 Å². The minimum Gasteiger partial charge on any atom is -0.378 e. The van der Waals surface area contributed by atoms with E-state index >= 15 is 0 Å². The van der Waals surface area contributed by atoms with Gasteiger partial charge in [-0.25, -0.2) is 9.97 Å². The highest BCUT2D eigenvalue weighted by molar-refractivity contribution is 7.98. The molecule has 18 heavy (non-hydrogen) atoms. The van der Waals surface area contributed by atoms with Gasteiger partial charge in [-0.3, -0.25) is 0 Å². The van der Waals surface area contributed by atoms with Gasteiger partial charge in [-0.05, 0) is 18.4 Å². The molecule has 1 aromatic heterocycles. The first-order valence-electron chi connectivity index (χ1n) is 5.23. The highest BCUT2D eigenvalue weighted by atomic mass is 35.5.